The summed E-state index contributed by atoms with van der Waals surface area (Å²) in [5.41, 5.74) is 14.2. The fourth-order valence-corrected chi connectivity index (χ4v) is 8.87. The molecule has 0 radical (unpaired) electrons. The lowest BCUT2D eigenvalue weighted by atomic mass is 9.82. The van der Waals surface area contributed by atoms with Crippen molar-refractivity contribution in [3.63, 3.8) is 0 Å². The molecule has 11 rings (SSSR count). The van der Waals surface area contributed by atoms with E-state index in [0.717, 1.165) is 49.8 Å². The third kappa shape index (κ3) is 4.52. The highest BCUT2D eigenvalue weighted by Gasteiger charge is 2.36. The van der Waals surface area contributed by atoms with Gasteiger partial charge >= 0.3 is 0 Å². The third-order valence-electron chi connectivity index (χ3n) is 11.5. The van der Waals surface area contributed by atoms with Crippen LogP contribution in [-0.4, -0.2) is 14.5 Å². The minimum Gasteiger partial charge on any atom is -0.456 e. The molecule has 0 amide bonds. The van der Waals surface area contributed by atoms with Gasteiger partial charge in [-0.15, -0.1) is 0 Å². The standard InChI is InChI=1S/C50H32N4O/c1-50(2)40-21-11-9-18-33(40)37-27-38-34-19-10-12-22-42(34)54(43(38)28-41(37)50)32-24-25-35-45(26-32)55-44-23-13-20-36(46(35)44)48-39(29-51)47(30-14-5-3-6-15-30)52-49(53-48)31-16-7-4-8-17-31/h3-28H,1-2H3. The number of nitrogens with zero attached hydrogens (tertiary/aromatic N) is 4. The highest BCUT2D eigenvalue weighted by molar-refractivity contribution is 6.14. The molecule has 5 nitrogen and oxygen atoms in total. The molecule has 1 aliphatic carbocycles. The second-order valence-electron chi connectivity index (χ2n) is 14.9. The Labute approximate surface area is 317 Å². The van der Waals surface area contributed by atoms with Crippen LogP contribution in [0.2, 0.25) is 0 Å². The summed E-state index contributed by atoms with van der Waals surface area (Å²) in [5, 5.41) is 15.0. The SMILES string of the molecule is CC1(C)c2ccccc2-c2cc3c4ccccc4n(-c4ccc5c(c4)oc4cccc(-c6nc(-c7ccccc7)nc(-c7ccccc7)c6C#N)c45)c3cc21. The van der Waals surface area contributed by atoms with E-state index in [1.807, 2.05) is 78.9 Å². The number of benzene rings is 7. The fraction of sp³-hybridized carbons (Fsp3) is 0.0600. The molecule has 0 unspecified atom stereocenters. The van der Waals surface area contributed by atoms with E-state index in [9.17, 15) is 5.26 Å². The summed E-state index contributed by atoms with van der Waals surface area (Å²) in [7, 11) is 0. The van der Waals surface area contributed by atoms with Crippen molar-refractivity contribution in [1.29, 1.82) is 5.26 Å². The van der Waals surface area contributed by atoms with Crippen LogP contribution in [0, 0.1) is 11.3 Å². The van der Waals surface area contributed by atoms with Gasteiger partial charge in [-0.25, -0.2) is 9.97 Å². The first-order valence-electron chi connectivity index (χ1n) is 18.6. The molecule has 7 aromatic carbocycles. The molecule has 0 bridgehead atoms. The molecule has 258 valence electrons. The van der Waals surface area contributed by atoms with Gasteiger partial charge in [0.05, 0.1) is 22.4 Å². The smallest absolute Gasteiger partial charge is 0.160 e. The van der Waals surface area contributed by atoms with Crippen LogP contribution in [-0.2, 0) is 5.41 Å². The molecule has 0 N–H and O–H groups in total. The summed E-state index contributed by atoms with van der Waals surface area (Å²) in [6.45, 7) is 4.66. The topological polar surface area (TPSA) is 67.6 Å². The van der Waals surface area contributed by atoms with Crippen molar-refractivity contribution in [3.05, 3.63) is 174 Å². The van der Waals surface area contributed by atoms with Gasteiger partial charge in [0.15, 0.2) is 5.82 Å². The maximum atomic E-state index is 10.7. The minimum atomic E-state index is -0.121. The summed E-state index contributed by atoms with van der Waals surface area (Å²) in [5.74, 6) is 0.560. The van der Waals surface area contributed by atoms with E-state index < -0.39 is 0 Å². The Hall–Kier alpha value is -7.29. The van der Waals surface area contributed by atoms with E-state index in [1.165, 1.54) is 38.5 Å². The fourth-order valence-electron chi connectivity index (χ4n) is 8.87. The van der Waals surface area contributed by atoms with Crippen LogP contribution in [0.5, 0.6) is 0 Å². The number of furan rings is 1. The molecule has 0 spiro atoms. The van der Waals surface area contributed by atoms with Gasteiger partial charge in [0.1, 0.15) is 22.8 Å². The van der Waals surface area contributed by atoms with Crippen molar-refractivity contribution in [2.75, 3.05) is 0 Å². The molecule has 3 heterocycles. The van der Waals surface area contributed by atoms with Crippen molar-refractivity contribution >= 4 is 43.7 Å². The van der Waals surface area contributed by atoms with Crippen LogP contribution in [0.1, 0.15) is 30.5 Å². The molecule has 0 aliphatic heterocycles. The monoisotopic (exact) mass is 704 g/mol. The molecular formula is C50H32N4O. The normalized spacial score (nSPS) is 13.0. The van der Waals surface area contributed by atoms with Crippen LogP contribution in [0.15, 0.2) is 162 Å². The van der Waals surface area contributed by atoms with E-state index in [2.05, 4.69) is 103 Å². The summed E-state index contributed by atoms with van der Waals surface area (Å²) in [6, 6.07) is 57.0. The number of aromatic nitrogens is 3. The number of hydrogen-bond acceptors (Lipinski definition) is 4. The maximum Gasteiger partial charge on any atom is 0.160 e. The average molecular weight is 705 g/mol. The zero-order valence-corrected chi connectivity index (χ0v) is 30.2. The van der Waals surface area contributed by atoms with Gasteiger partial charge in [-0.2, -0.15) is 5.26 Å². The van der Waals surface area contributed by atoms with Gasteiger partial charge in [0.2, 0.25) is 0 Å². The first-order valence-corrected chi connectivity index (χ1v) is 18.6. The molecule has 3 aromatic heterocycles. The predicted molar refractivity (Wildman–Crippen MR) is 222 cm³/mol. The highest BCUT2D eigenvalue weighted by atomic mass is 16.3. The molecule has 10 aromatic rings. The molecule has 0 saturated heterocycles. The molecule has 0 fully saturated rings. The molecule has 5 heteroatoms. The van der Waals surface area contributed by atoms with E-state index >= 15 is 0 Å². The summed E-state index contributed by atoms with van der Waals surface area (Å²) >= 11 is 0. The predicted octanol–water partition coefficient (Wildman–Crippen LogP) is 12.7. The zero-order chi connectivity index (χ0) is 36.8. The second kappa shape index (κ2) is 11.6. The summed E-state index contributed by atoms with van der Waals surface area (Å²) < 4.78 is 9.06. The van der Waals surface area contributed by atoms with Crippen LogP contribution in [0.3, 0.4) is 0 Å². The van der Waals surface area contributed by atoms with Crippen molar-refractivity contribution < 1.29 is 4.42 Å². The Bertz CT molecular complexity index is 3240. The molecule has 1 aliphatic rings. The van der Waals surface area contributed by atoms with Crippen LogP contribution < -0.4 is 0 Å². The Kier molecular flexibility index (Phi) is 6.59. The lowest BCUT2D eigenvalue weighted by Crippen LogP contribution is -2.14. The van der Waals surface area contributed by atoms with E-state index in [0.29, 0.717) is 22.8 Å². The van der Waals surface area contributed by atoms with Gasteiger partial charge in [0, 0.05) is 55.4 Å². The van der Waals surface area contributed by atoms with Crippen LogP contribution >= 0.6 is 0 Å². The average Bonchev–Trinajstić information content (AvgIpc) is 3.85. The number of para-hydroxylation sites is 1. The Balaban J connectivity index is 1.14. The maximum absolute atomic E-state index is 10.7. The zero-order valence-electron chi connectivity index (χ0n) is 30.2. The van der Waals surface area contributed by atoms with Crippen molar-refractivity contribution in [2.24, 2.45) is 0 Å². The van der Waals surface area contributed by atoms with Crippen molar-refractivity contribution in [3.8, 4) is 56.8 Å². The van der Waals surface area contributed by atoms with E-state index in [4.69, 9.17) is 14.4 Å². The van der Waals surface area contributed by atoms with Gasteiger partial charge in [0.25, 0.3) is 0 Å². The number of rotatable bonds is 4. The molecule has 0 atom stereocenters. The Morgan fingerprint density at radius 2 is 1.25 bits per heavy atom. The summed E-state index contributed by atoms with van der Waals surface area (Å²) in [4.78, 5) is 10.1. The van der Waals surface area contributed by atoms with Gasteiger partial charge in [-0.3, -0.25) is 0 Å². The minimum absolute atomic E-state index is 0.121. The lowest BCUT2D eigenvalue weighted by Gasteiger charge is -2.21. The largest absolute Gasteiger partial charge is 0.456 e. The van der Waals surface area contributed by atoms with Crippen LogP contribution in [0.25, 0.3) is 94.5 Å². The van der Waals surface area contributed by atoms with E-state index in [1.54, 1.807) is 0 Å². The molecule has 0 saturated carbocycles. The second-order valence-corrected chi connectivity index (χ2v) is 14.9. The number of nitriles is 1. The third-order valence-corrected chi connectivity index (χ3v) is 11.5. The first kappa shape index (κ1) is 31.3. The quantitative estimate of drug-likeness (QED) is 0.183. The highest BCUT2D eigenvalue weighted by Crippen LogP contribution is 2.51. The Morgan fingerprint density at radius 3 is 2.07 bits per heavy atom. The number of fused-ring (bicyclic) bond motifs is 9. The van der Waals surface area contributed by atoms with Crippen molar-refractivity contribution in [1.82, 2.24) is 14.5 Å². The van der Waals surface area contributed by atoms with Gasteiger partial charge < -0.3 is 8.98 Å². The van der Waals surface area contributed by atoms with Crippen LogP contribution in [0.4, 0.5) is 0 Å². The van der Waals surface area contributed by atoms with E-state index in [-0.39, 0.29) is 5.41 Å². The van der Waals surface area contributed by atoms with Gasteiger partial charge in [-0.1, -0.05) is 129 Å². The lowest BCUT2D eigenvalue weighted by molar-refractivity contribution is 0.661. The molecule has 55 heavy (non-hydrogen) atoms. The van der Waals surface area contributed by atoms with Gasteiger partial charge in [-0.05, 0) is 58.7 Å². The number of hydrogen-bond donors (Lipinski definition) is 0. The Morgan fingerprint density at radius 1 is 0.545 bits per heavy atom. The summed E-state index contributed by atoms with van der Waals surface area (Å²) in [6.07, 6.45) is 0. The van der Waals surface area contributed by atoms with Crippen molar-refractivity contribution in [2.45, 2.75) is 19.3 Å². The first-order chi connectivity index (χ1) is 27.0. The molecular weight excluding hydrogens is 673 g/mol.